The molecule has 0 saturated heterocycles. The van der Waals surface area contributed by atoms with Crippen LogP contribution in [0.25, 0.3) is 11.6 Å². The molecular weight excluding hydrogens is 665 g/mol. The van der Waals surface area contributed by atoms with Crippen LogP contribution in [0.5, 0.6) is 0 Å². The van der Waals surface area contributed by atoms with Gasteiger partial charge in [-0.1, -0.05) is 81.3 Å². The van der Waals surface area contributed by atoms with Gasteiger partial charge in [-0.25, -0.2) is 0 Å². The number of hydrogen-bond donors (Lipinski definition) is 0. The topological polar surface area (TPSA) is 6.48 Å². The molecule has 2 aliphatic rings. The zero-order valence-electron chi connectivity index (χ0n) is 35.0. The number of nitrogens with zero attached hydrogens (tertiary/aromatic N) is 2. The van der Waals surface area contributed by atoms with Gasteiger partial charge in [0, 0.05) is 28.4 Å². The molecule has 1 atom stereocenters. The third-order valence-electron chi connectivity index (χ3n) is 12.7. The summed E-state index contributed by atoms with van der Waals surface area (Å²) in [5.74, 6) is 0. The van der Waals surface area contributed by atoms with Gasteiger partial charge in [-0.05, 0) is 208 Å². The van der Waals surface area contributed by atoms with E-state index in [4.69, 9.17) is 0 Å². The van der Waals surface area contributed by atoms with E-state index in [0.717, 1.165) is 38.5 Å². The van der Waals surface area contributed by atoms with E-state index in [0.29, 0.717) is 0 Å². The number of aryl methyl sites for hydroxylation is 6. The van der Waals surface area contributed by atoms with Crippen molar-refractivity contribution in [2.24, 2.45) is 0 Å². The van der Waals surface area contributed by atoms with Gasteiger partial charge in [0.1, 0.15) is 0 Å². The van der Waals surface area contributed by atoms with Crippen LogP contribution in [0.3, 0.4) is 0 Å². The van der Waals surface area contributed by atoms with Gasteiger partial charge < -0.3 is 9.80 Å². The van der Waals surface area contributed by atoms with Crippen molar-refractivity contribution in [3.8, 4) is 0 Å². The van der Waals surface area contributed by atoms with Crippen LogP contribution in [0.15, 0.2) is 114 Å². The molecule has 282 valence electrons. The standard InChI is InChI=1S/C53H60N2/c1-11-40-15-22-49(31-42(40)13-3)54(52-25-34(5)38(9)35(6)26-52)48-20-17-44(18-21-48)46-29-45-19-24-51(33-47(45)30-46)55(53-27-36(7)39(10)37(8)28-53)50-23-16-41(12-2)43(14-4)32-50/h15-25,27-28,30-33,52H,11-14,26,29H2,1-10H3. The zero-order valence-corrected chi connectivity index (χ0v) is 35.0. The van der Waals surface area contributed by atoms with Crippen LogP contribution in [-0.4, -0.2) is 6.04 Å². The molecule has 0 N–H and O–H groups in total. The minimum Gasteiger partial charge on any atom is -0.334 e. The Morgan fingerprint density at radius 3 is 1.69 bits per heavy atom. The molecule has 0 fully saturated rings. The van der Waals surface area contributed by atoms with Crippen molar-refractivity contribution in [3.05, 3.63) is 169 Å². The fourth-order valence-electron chi connectivity index (χ4n) is 8.91. The minimum absolute atomic E-state index is 0.274. The highest BCUT2D eigenvalue weighted by atomic mass is 15.2. The highest BCUT2D eigenvalue weighted by molar-refractivity contribution is 5.91. The molecule has 55 heavy (non-hydrogen) atoms. The smallest absolute Gasteiger partial charge is 0.0565 e. The summed E-state index contributed by atoms with van der Waals surface area (Å²) in [6.45, 7) is 22.6. The highest BCUT2D eigenvalue weighted by Gasteiger charge is 2.25. The Morgan fingerprint density at radius 1 is 0.545 bits per heavy atom. The van der Waals surface area contributed by atoms with E-state index in [1.54, 1.807) is 0 Å². The van der Waals surface area contributed by atoms with Crippen LogP contribution in [0.2, 0.25) is 0 Å². The number of fused-ring (bicyclic) bond motifs is 1. The maximum atomic E-state index is 2.58. The lowest BCUT2D eigenvalue weighted by Gasteiger charge is -2.36. The van der Waals surface area contributed by atoms with E-state index < -0.39 is 0 Å². The molecule has 7 rings (SSSR count). The third-order valence-corrected chi connectivity index (χ3v) is 12.7. The summed E-state index contributed by atoms with van der Waals surface area (Å²) in [6, 6.07) is 35.6. The molecule has 0 aliphatic heterocycles. The highest BCUT2D eigenvalue weighted by Crippen LogP contribution is 2.42. The van der Waals surface area contributed by atoms with Gasteiger partial charge in [0.05, 0.1) is 6.04 Å². The number of rotatable bonds is 11. The van der Waals surface area contributed by atoms with Gasteiger partial charge in [-0.2, -0.15) is 0 Å². The summed E-state index contributed by atoms with van der Waals surface area (Å²) in [6.07, 6.45) is 11.1. The number of allylic oxidation sites excluding steroid dienone is 3. The normalized spacial score (nSPS) is 15.2. The Bertz CT molecular complexity index is 2310. The van der Waals surface area contributed by atoms with Crippen LogP contribution in [0, 0.1) is 20.8 Å². The van der Waals surface area contributed by atoms with Crippen molar-refractivity contribution in [3.63, 3.8) is 0 Å². The van der Waals surface area contributed by atoms with Gasteiger partial charge in [-0.15, -0.1) is 0 Å². The molecule has 0 spiro atoms. The number of hydrogen-bond acceptors (Lipinski definition) is 2. The van der Waals surface area contributed by atoms with Crippen LogP contribution < -0.4 is 9.80 Å². The van der Waals surface area contributed by atoms with Gasteiger partial charge in [0.15, 0.2) is 0 Å². The average molecular weight is 725 g/mol. The summed E-state index contributed by atoms with van der Waals surface area (Å²) in [7, 11) is 0. The maximum Gasteiger partial charge on any atom is 0.0565 e. The number of anilines is 5. The van der Waals surface area contributed by atoms with Crippen molar-refractivity contribution < 1.29 is 0 Å². The third kappa shape index (κ3) is 7.49. The predicted molar refractivity (Wildman–Crippen MR) is 240 cm³/mol. The van der Waals surface area contributed by atoms with E-state index in [-0.39, 0.29) is 6.04 Å². The van der Waals surface area contributed by atoms with Gasteiger partial charge in [0.2, 0.25) is 0 Å². The molecule has 0 amide bonds. The predicted octanol–water partition coefficient (Wildman–Crippen LogP) is 14.6. The largest absolute Gasteiger partial charge is 0.334 e. The Morgan fingerprint density at radius 2 is 1.09 bits per heavy atom. The van der Waals surface area contributed by atoms with Gasteiger partial charge in [-0.3, -0.25) is 0 Å². The van der Waals surface area contributed by atoms with E-state index in [2.05, 4.69) is 182 Å². The van der Waals surface area contributed by atoms with E-state index in [1.807, 2.05) is 0 Å². The Balaban J connectivity index is 1.24. The minimum atomic E-state index is 0.274. The molecular formula is C53H60N2. The van der Waals surface area contributed by atoms with Crippen molar-refractivity contribution >= 4 is 40.1 Å². The first kappa shape index (κ1) is 38.2. The van der Waals surface area contributed by atoms with Crippen LogP contribution in [0.4, 0.5) is 28.4 Å². The molecule has 0 bridgehead atoms. The molecule has 5 aromatic carbocycles. The first-order valence-corrected chi connectivity index (χ1v) is 20.7. The molecule has 5 aromatic rings. The Kier molecular flexibility index (Phi) is 11.1. The lowest BCUT2D eigenvalue weighted by atomic mass is 9.89. The van der Waals surface area contributed by atoms with Crippen molar-refractivity contribution in [2.45, 2.75) is 114 Å². The SMILES string of the molecule is CCc1ccc(N(c2cc(C)c(C)c(C)c2)c2ccc3c(c2)C=C(c2ccc(N(c4ccc(CC)c(CC)c4)C4C=C(C)C(C)=C(C)C4)cc2)C3)cc1CC. The molecule has 0 saturated carbocycles. The second-order valence-corrected chi connectivity index (χ2v) is 16.0. The van der Waals surface area contributed by atoms with Crippen LogP contribution >= 0.6 is 0 Å². The van der Waals surface area contributed by atoms with Crippen LogP contribution in [0.1, 0.15) is 111 Å². The van der Waals surface area contributed by atoms with Crippen molar-refractivity contribution in [1.82, 2.24) is 0 Å². The van der Waals surface area contributed by atoms with Crippen LogP contribution in [-0.2, 0) is 32.1 Å². The molecule has 1 unspecified atom stereocenters. The molecule has 2 nitrogen and oxygen atoms in total. The van der Waals surface area contributed by atoms with Crippen molar-refractivity contribution in [2.75, 3.05) is 9.80 Å². The zero-order chi connectivity index (χ0) is 39.0. The molecule has 2 aliphatic carbocycles. The summed E-state index contributed by atoms with van der Waals surface area (Å²) in [4.78, 5) is 5.04. The fraction of sp³-hybridized carbons (Fsp3) is 0.321. The second kappa shape index (κ2) is 16.0. The fourth-order valence-corrected chi connectivity index (χ4v) is 8.91. The molecule has 2 heteroatoms. The lowest BCUT2D eigenvalue weighted by Crippen LogP contribution is -2.32. The van der Waals surface area contributed by atoms with E-state index >= 15 is 0 Å². The molecule has 0 radical (unpaired) electrons. The summed E-state index contributed by atoms with van der Waals surface area (Å²) in [5.41, 5.74) is 25.6. The van der Waals surface area contributed by atoms with Gasteiger partial charge >= 0.3 is 0 Å². The average Bonchev–Trinajstić information content (AvgIpc) is 3.63. The summed E-state index contributed by atoms with van der Waals surface area (Å²) in [5, 5.41) is 0. The van der Waals surface area contributed by atoms with Gasteiger partial charge in [0.25, 0.3) is 0 Å². The quantitative estimate of drug-likeness (QED) is 0.134. The van der Waals surface area contributed by atoms with E-state index in [9.17, 15) is 0 Å². The molecule has 0 heterocycles. The molecule has 0 aromatic heterocycles. The summed E-state index contributed by atoms with van der Waals surface area (Å²) < 4.78 is 0. The Labute approximate surface area is 331 Å². The summed E-state index contributed by atoms with van der Waals surface area (Å²) >= 11 is 0. The number of benzene rings is 5. The first-order chi connectivity index (χ1) is 26.5. The maximum absolute atomic E-state index is 2.58. The lowest BCUT2D eigenvalue weighted by molar-refractivity contribution is 0.739. The Hall–Kier alpha value is -5.08. The monoisotopic (exact) mass is 724 g/mol. The second-order valence-electron chi connectivity index (χ2n) is 16.0. The first-order valence-electron chi connectivity index (χ1n) is 20.7. The van der Waals surface area contributed by atoms with E-state index in [1.165, 1.54) is 106 Å². The van der Waals surface area contributed by atoms with Crippen molar-refractivity contribution in [1.29, 1.82) is 0 Å².